The van der Waals surface area contributed by atoms with Crippen molar-refractivity contribution in [3.05, 3.63) is 81.0 Å². The van der Waals surface area contributed by atoms with E-state index in [2.05, 4.69) is 10.6 Å². The minimum Gasteiger partial charge on any atom is -0.384 e. The number of likely N-dealkylation sites (tertiary alicyclic amines) is 1. The molecule has 0 radical (unpaired) electrons. The molecule has 224 valence electrons. The molecular weight excluding hydrogens is 580 g/mol. The van der Waals surface area contributed by atoms with Gasteiger partial charge in [0.2, 0.25) is 11.8 Å². The molecule has 3 amide bonds. The normalized spacial score (nSPS) is 20.0. The quantitative estimate of drug-likeness (QED) is 0.239. The molecule has 10 nitrogen and oxygen atoms in total. The van der Waals surface area contributed by atoms with Crippen LogP contribution in [0.3, 0.4) is 0 Å². The number of nitrogens with two attached hydrogens (primary N) is 1. The van der Waals surface area contributed by atoms with E-state index in [0.29, 0.717) is 29.9 Å². The first kappa shape index (κ1) is 28.9. The molecule has 3 aromatic rings. The van der Waals surface area contributed by atoms with Crippen molar-refractivity contribution in [1.29, 1.82) is 5.41 Å². The predicted molar refractivity (Wildman–Crippen MR) is 154 cm³/mol. The van der Waals surface area contributed by atoms with Gasteiger partial charge in [0, 0.05) is 38.9 Å². The summed E-state index contributed by atoms with van der Waals surface area (Å²) < 4.78 is 41.8. The average molecular weight is 610 g/mol. The first-order valence-electron chi connectivity index (χ1n) is 13.7. The summed E-state index contributed by atoms with van der Waals surface area (Å²) in [5.74, 6) is -6.13. The van der Waals surface area contributed by atoms with E-state index < -0.39 is 48.1 Å². The highest BCUT2D eigenvalue weighted by molar-refractivity contribution is 7.10. The summed E-state index contributed by atoms with van der Waals surface area (Å²) in [7, 11) is 0. The molecule has 2 atom stereocenters. The topological polar surface area (TPSA) is 147 Å². The van der Waals surface area contributed by atoms with E-state index in [0.717, 1.165) is 10.9 Å². The van der Waals surface area contributed by atoms with Crippen molar-refractivity contribution in [3.8, 4) is 11.1 Å². The molecule has 3 heterocycles. The minimum atomic E-state index is -3.25. The van der Waals surface area contributed by atoms with Crippen molar-refractivity contribution < 1.29 is 32.6 Å². The molecule has 0 bridgehead atoms. The van der Waals surface area contributed by atoms with Crippen molar-refractivity contribution in [1.82, 2.24) is 15.5 Å². The second-order valence-corrected chi connectivity index (χ2v) is 11.7. The Morgan fingerprint density at radius 2 is 1.81 bits per heavy atom. The Morgan fingerprint density at radius 1 is 1.09 bits per heavy atom. The second kappa shape index (κ2) is 10.8. The molecule has 13 heteroatoms. The molecule has 5 N–H and O–H groups in total. The number of nitrogen functional groups attached to an aromatic ring is 1. The highest BCUT2D eigenvalue weighted by Gasteiger charge is 2.52. The van der Waals surface area contributed by atoms with Gasteiger partial charge in [-0.05, 0) is 36.2 Å². The lowest BCUT2D eigenvalue weighted by Crippen LogP contribution is -2.49. The number of nitrogens with one attached hydrogen (secondary N) is 3. The number of amides is 3. The van der Waals surface area contributed by atoms with Gasteiger partial charge in [-0.1, -0.05) is 30.3 Å². The molecule has 3 aliphatic rings. The number of hydrogen-bond donors (Lipinski definition) is 4. The van der Waals surface area contributed by atoms with E-state index in [1.54, 1.807) is 36.6 Å². The van der Waals surface area contributed by atoms with Gasteiger partial charge in [0.1, 0.15) is 11.9 Å². The first-order chi connectivity index (χ1) is 20.5. The van der Waals surface area contributed by atoms with Gasteiger partial charge < -0.3 is 30.7 Å². The fourth-order valence-electron chi connectivity index (χ4n) is 5.82. The van der Waals surface area contributed by atoms with Gasteiger partial charge in [-0.15, -0.1) is 11.3 Å². The van der Waals surface area contributed by atoms with Crippen LogP contribution in [0.15, 0.2) is 53.9 Å². The summed E-state index contributed by atoms with van der Waals surface area (Å²) in [5.41, 5.74) is 6.49. The van der Waals surface area contributed by atoms with Gasteiger partial charge in [-0.25, -0.2) is 0 Å². The zero-order valence-corrected chi connectivity index (χ0v) is 23.9. The van der Waals surface area contributed by atoms with Crippen LogP contribution >= 0.6 is 11.3 Å². The Hall–Kier alpha value is -4.20. The first-order valence-corrected chi connectivity index (χ1v) is 14.6. The molecule has 2 aromatic carbocycles. The number of halogens is 2. The summed E-state index contributed by atoms with van der Waals surface area (Å²) in [6.07, 6.45) is 0.106. The average Bonchev–Trinajstić information content (AvgIpc) is 3.78. The number of ether oxygens (including phenoxy) is 2. The summed E-state index contributed by atoms with van der Waals surface area (Å²) in [4.78, 5) is 41.9. The number of alkyl halides is 2. The summed E-state index contributed by atoms with van der Waals surface area (Å²) >= 11 is 1.35. The van der Waals surface area contributed by atoms with Crippen LogP contribution in [0.4, 0.5) is 8.78 Å². The van der Waals surface area contributed by atoms with Gasteiger partial charge in [-0.2, -0.15) is 8.78 Å². The third-order valence-electron chi connectivity index (χ3n) is 8.02. The number of carbonyl (C=O) groups is 3. The highest BCUT2D eigenvalue weighted by atomic mass is 32.1. The number of thiophene rings is 1. The maximum Gasteiger partial charge on any atom is 0.299 e. The SMILES string of the molecule is C[C@@H](NC(=O)C1CC2(CN1C(=O)CNC(=O)c1ccc3c(c1)C(F)(F)c1ccccc1-3)OCCO2)c1cc(C(=N)N)cs1. The number of fused-ring (bicyclic) bond motifs is 3. The van der Waals surface area contributed by atoms with Crippen LogP contribution in [0.5, 0.6) is 0 Å². The number of rotatable bonds is 7. The van der Waals surface area contributed by atoms with Crippen LogP contribution in [0.1, 0.15) is 51.3 Å². The number of amidine groups is 1. The van der Waals surface area contributed by atoms with Crippen LogP contribution in [-0.4, -0.2) is 66.6 Å². The summed E-state index contributed by atoms with van der Waals surface area (Å²) in [6, 6.07) is 10.7. The molecule has 1 aliphatic carbocycles. The smallest absolute Gasteiger partial charge is 0.299 e. The van der Waals surface area contributed by atoms with Crippen LogP contribution < -0.4 is 16.4 Å². The number of carbonyl (C=O) groups excluding carboxylic acids is 3. The second-order valence-electron chi connectivity index (χ2n) is 10.8. The molecule has 1 spiro atoms. The molecule has 6 rings (SSSR count). The highest BCUT2D eigenvalue weighted by Crippen LogP contribution is 2.51. The maximum atomic E-state index is 15.1. The molecular formula is C30H29F2N5O5S. The Morgan fingerprint density at radius 3 is 2.53 bits per heavy atom. The third-order valence-corrected chi connectivity index (χ3v) is 9.14. The molecule has 2 aliphatic heterocycles. The van der Waals surface area contributed by atoms with E-state index in [1.165, 1.54) is 34.4 Å². The zero-order chi connectivity index (χ0) is 30.5. The lowest BCUT2D eigenvalue weighted by atomic mass is 10.0. The van der Waals surface area contributed by atoms with Crippen LogP contribution in [0, 0.1) is 5.41 Å². The standard InChI is InChI=1S/C30H29F2N5O5S/c1-16(24-11-18(14-43-24)26(33)34)36-28(40)23-12-29(41-8-9-42-29)15-37(23)25(38)13-35-27(39)17-6-7-20-19-4-2-3-5-21(19)30(31,32)22(20)10-17/h2-7,10-11,14,16,23H,8-9,12-13,15H2,1H3,(H3,33,34)(H,35,39)(H,36,40)/t16-,23?/m1/s1. The molecule has 43 heavy (non-hydrogen) atoms. The van der Waals surface area contributed by atoms with Gasteiger partial charge in [-0.3, -0.25) is 19.8 Å². The Bertz CT molecular complexity index is 1640. The molecule has 1 unspecified atom stereocenters. The summed E-state index contributed by atoms with van der Waals surface area (Å²) in [6.45, 7) is 1.95. The zero-order valence-electron chi connectivity index (χ0n) is 23.1. The van der Waals surface area contributed by atoms with Gasteiger partial charge in [0.25, 0.3) is 11.8 Å². The van der Waals surface area contributed by atoms with Crippen molar-refractivity contribution in [2.24, 2.45) is 5.73 Å². The van der Waals surface area contributed by atoms with Crippen molar-refractivity contribution >= 4 is 34.9 Å². The van der Waals surface area contributed by atoms with Crippen LogP contribution in [-0.2, 0) is 25.0 Å². The summed E-state index contributed by atoms with van der Waals surface area (Å²) in [5, 5.41) is 14.7. The lowest BCUT2D eigenvalue weighted by Gasteiger charge is -2.25. The van der Waals surface area contributed by atoms with Crippen LogP contribution in [0.2, 0.25) is 0 Å². The largest absolute Gasteiger partial charge is 0.384 e. The molecule has 0 saturated carbocycles. The van der Waals surface area contributed by atoms with Crippen molar-refractivity contribution in [2.45, 2.75) is 37.1 Å². The van der Waals surface area contributed by atoms with E-state index in [-0.39, 0.29) is 35.5 Å². The number of hydrogen-bond acceptors (Lipinski definition) is 7. The van der Waals surface area contributed by atoms with E-state index in [9.17, 15) is 14.4 Å². The lowest BCUT2D eigenvalue weighted by molar-refractivity contribution is -0.152. The maximum absolute atomic E-state index is 15.1. The Balaban J connectivity index is 1.14. The van der Waals surface area contributed by atoms with Gasteiger partial charge in [0.15, 0.2) is 5.79 Å². The third kappa shape index (κ3) is 5.17. The fraction of sp³-hybridized carbons (Fsp3) is 0.333. The molecule has 2 saturated heterocycles. The Labute approximate surface area is 249 Å². The van der Waals surface area contributed by atoms with Gasteiger partial charge >= 0.3 is 0 Å². The molecule has 1 aromatic heterocycles. The number of nitrogens with zero attached hydrogens (tertiary/aromatic N) is 1. The minimum absolute atomic E-state index is 0.00894. The predicted octanol–water partition coefficient (Wildman–Crippen LogP) is 3.10. The number of benzene rings is 2. The molecule has 2 fully saturated rings. The fourth-order valence-corrected chi connectivity index (χ4v) is 6.74. The van der Waals surface area contributed by atoms with Crippen LogP contribution in [0.25, 0.3) is 11.1 Å². The van der Waals surface area contributed by atoms with E-state index >= 15 is 8.78 Å². The van der Waals surface area contributed by atoms with E-state index in [1.807, 2.05) is 0 Å². The van der Waals surface area contributed by atoms with Gasteiger partial charge in [0.05, 0.1) is 32.3 Å². The van der Waals surface area contributed by atoms with E-state index in [4.69, 9.17) is 20.6 Å². The van der Waals surface area contributed by atoms with Crippen molar-refractivity contribution in [3.63, 3.8) is 0 Å². The Kier molecular flexibility index (Phi) is 7.27. The monoisotopic (exact) mass is 609 g/mol. The van der Waals surface area contributed by atoms with Crippen molar-refractivity contribution in [2.75, 3.05) is 26.3 Å².